The van der Waals surface area contributed by atoms with E-state index in [-0.39, 0.29) is 45.5 Å². The standard InChI is InChI=1S/C32H50O3.C2H6/c1-8-19(2)28(35)32-14-10-22-27(23(32)18-29(4,5)15-16-32)25(34)17-26-30(6)13-11-24(33)20(3)21(30)9-12-31(22,26)7;1-2/h17,19-24,27,33H,8-16,18H2,1-7H3;1-2H3. The highest BCUT2D eigenvalue weighted by molar-refractivity contribution is 5.96. The molecule has 5 aliphatic rings. The Kier molecular flexibility index (Phi) is 7.77. The van der Waals surface area contributed by atoms with Gasteiger partial charge in [0, 0.05) is 17.3 Å². The van der Waals surface area contributed by atoms with Crippen LogP contribution in [0, 0.1) is 57.2 Å². The van der Waals surface area contributed by atoms with Gasteiger partial charge in [0.15, 0.2) is 5.78 Å². The Hall–Kier alpha value is -0.960. The van der Waals surface area contributed by atoms with E-state index in [9.17, 15) is 14.7 Å². The maximum atomic E-state index is 14.2. The number of carbonyl (C=O) groups is 2. The molecule has 210 valence electrons. The fourth-order valence-corrected chi connectivity index (χ4v) is 10.4. The lowest BCUT2D eigenvalue weighted by atomic mass is 9.38. The average Bonchev–Trinajstić information content (AvgIpc) is 2.87. The fraction of sp³-hybridized carbons (Fsp3) is 0.882. The summed E-state index contributed by atoms with van der Waals surface area (Å²) in [5, 5.41) is 10.6. The lowest BCUT2D eigenvalue weighted by Crippen LogP contribution is -2.61. The van der Waals surface area contributed by atoms with Crippen LogP contribution in [0.25, 0.3) is 0 Å². The number of Topliss-reactive ketones (excluding diaryl/α,β-unsaturated/α-hetero) is 1. The molecule has 37 heavy (non-hydrogen) atoms. The molecule has 4 fully saturated rings. The van der Waals surface area contributed by atoms with E-state index in [1.807, 2.05) is 13.8 Å². The summed E-state index contributed by atoms with van der Waals surface area (Å²) in [7, 11) is 0. The first-order chi connectivity index (χ1) is 17.3. The lowest BCUT2D eigenvalue weighted by molar-refractivity contribution is -0.163. The van der Waals surface area contributed by atoms with Crippen LogP contribution < -0.4 is 0 Å². The number of allylic oxidation sites excluding steroid dienone is 2. The van der Waals surface area contributed by atoms with Gasteiger partial charge in [-0.25, -0.2) is 0 Å². The molecule has 0 aromatic rings. The van der Waals surface area contributed by atoms with Crippen molar-refractivity contribution in [2.75, 3.05) is 0 Å². The number of aliphatic hydroxyl groups is 1. The maximum Gasteiger partial charge on any atom is 0.159 e. The number of fused-ring (bicyclic) bond motifs is 7. The second kappa shape index (κ2) is 9.90. The molecule has 0 aromatic heterocycles. The number of hydrogen-bond donors (Lipinski definition) is 1. The molecule has 5 aliphatic carbocycles. The van der Waals surface area contributed by atoms with E-state index in [4.69, 9.17) is 0 Å². The van der Waals surface area contributed by atoms with Crippen LogP contribution in [0.3, 0.4) is 0 Å². The molecule has 10 atom stereocenters. The highest BCUT2D eigenvalue weighted by Crippen LogP contribution is 2.70. The van der Waals surface area contributed by atoms with E-state index >= 15 is 0 Å². The summed E-state index contributed by atoms with van der Waals surface area (Å²) in [6.07, 6.45) is 11.9. The minimum atomic E-state index is -0.298. The van der Waals surface area contributed by atoms with Crippen LogP contribution in [0.2, 0.25) is 0 Å². The minimum Gasteiger partial charge on any atom is -0.393 e. The van der Waals surface area contributed by atoms with Gasteiger partial charge in [0.05, 0.1) is 6.10 Å². The third-order valence-corrected chi connectivity index (χ3v) is 12.7. The zero-order valence-electron chi connectivity index (χ0n) is 25.5. The van der Waals surface area contributed by atoms with E-state index in [1.54, 1.807) is 0 Å². The summed E-state index contributed by atoms with van der Waals surface area (Å²) < 4.78 is 0. The highest BCUT2D eigenvalue weighted by atomic mass is 16.3. The van der Waals surface area contributed by atoms with Gasteiger partial charge < -0.3 is 5.11 Å². The Morgan fingerprint density at radius 3 is 2.19 bits per heavy atom. The molecule has 3 nitrogen and oxygen atoms in total. The van der Waals surface area contributed by atoms with Crippen LogP contribution in [0.4, 0.5) is 0 Å². The van der Waals surface area contributed by atoms with Gasteiger partial charge in [-0.2, -0.15) is 0 Å². The van der Waals surface area contributed by atoms with Gasteiger partial charge >= 0.3 is 0 Å². The number of hydrogen-bond acceptors (Lipinski definition) is 3. The lowest BCUT2D eigenvalue weighted by Gasteiger charge is -2.65. The van der Waals surface area contributed by atoms with Crippen molar-refractivity contribution in [2.45, 2.75) is 133 Å². The van der Waals surface area contributed by atoms with Gasteiger partial charge in [-0.3, -0.25) is 9.59 Å². The summed E-state index contributed by atoms with van der Waals surface area (Å²) >= 11 is 0. The van der Waals surface area contributed by atoms with Crippen LogP contribution in [0.1, 0.15) is 127 Å². The molecule has 10 unspecified atom stereocenters. The van der Waals surface area contributed by atoms with Crippen LogP contribution in [0.15, 0.2) is 11.6 Å². The summed E-state index contributed by atoms with van der Waals surface area (Å²) in [6.45, 7) is 20.1. The number of carbonyl (C=O) groups excluding carboxylic acids is 2. The summed E-state index contributed by atoms with van der Waals surface area (Å²) in [5.74, 6) is 2.15. The summed E-state index contributed by atoms with van der Waals surface area (Å²) in [5.41, 5.74) is 1.35. The zero-order valence-corrected chi connectivity index (χ0v) is 25.5. The van der Waals surface area contributed by atoms with Crippen LogP contribution in [-0.2, 0) is 9.59 Å². The summed E-state index contributed by atoms with van der Waals surface area (Å²) in [6, 6.07) is 0. The van der Waals surface area contributed by atoms with Gasteiger partial charge in [-0.15, -0.1) is 0 Å². The Balaban J connectivity index is 0.00000156. The number of aliphatic hydroxyl groups excluding tert-OH is 1. The SMILES string of the molecule is CC.CCC(C)C(=O)C12CCC3C(C(=O)C=C4C5(C)CCC(O)C(C)C5CCC43C)C1CC(C)(C)CC2. The van der Waals surface area contributed by atoms with Gasteiger partial charge in [0.2, 0.25) is 0 Å². The molecule has 0 saturated heterocycles. The van der Waals surface area contributed by atoms with Crippen molar-refractivity contribution < 1.29 is 14.7 Å². The molecular formula is C34H56O3. The Morgan fingerprint density at radius 1 is 0.946 bits per heavy atom. The molecule has 3 heteroatoms. The fourth-order valence-electron chi connectivity index (χ4n) is 10.4. The summed E-state index contributed by atoms with van der Waals surface area (Å²) in [4.78, 5) is 28.2. The first kappa shape index (κ1) is 29.0. The predicted molar refractivity (Wildman–Crippen MR) is 152 cm³/mol. The molecule has 0 bridgehead atoms. The van der Waals surface area contributed by atoms with Gasteiger partial charge in [-0.05, 0) is 110 Å². The molecular weight excluding hydrogens is 456 g/mol. The first-order valence-electron chi connectivity index (χ1n) is 15.8. The number of rotatable bonds is 3. The topological polar surface area (TPSA) is 54.4 Å². The second-order valence-corrected chi connectivity index (χ2v) is 14.9. The van der Waals surface area contributed by atoms with Gasteiger partial charge in [0.25, 0.3) is 0 Å². The van der Waals surface area contributed by atoms with E-state index in [1.165, 1.54) is 5.57 Å². The van der Waals surface area contributed by atoms with Gasteiger partial charge in [0.1, 0.15) is 5.78 Å². The molecule has 0 radical (unpaired) electrons. The molecule has 0 aromatic carbocycles. The Bertz CT molecular complexity index is 931. The van der Waals surface area contributed by atoms with Crippen molar-refractivity contribution in [2.24, 2.45) is 57.2 Å². The zero-order chi connectivity index (χ0) is 27.6. The van der Waals surface area contributed by atoms with Crippen LogP contribution in [-0.4, -0.2) is 22.8 Å². The van der Waals surface area contributed by atoms with Crippen LogP contribution >= 0.6 is 0 Å². The van der Waals surface area contributed by atoms with Crippen LogP contribution in [0.5, 0.6) is 0 Å². The molecule has 4 saturated carbocycles. The van der Waals surface area contributed by atoms with Crippen molar-refractivity contribution in [1.82, 2.24) is 0 Å². The normalized spacial score (nSPS) is 47.1. The highest BCUT2D eigenvalue weighted by Gasteiger charge is 2.65. The third kappa shape index (κ3) is 4.23. The number of ketones is 2. The van der Waals surface area contributed by atoms with E-state index in [0.717, 1.165) is 64.2 Å². The predicted octanol–water partition coefficient (Wildman–Crippen LogP) is 8.19. The van der Waals surface area contributed by atoms with E-state index in [0.29, 0.717) is 29.3 Å². The Labute approximate surface area is 227 Å². The smallest absolute Gasteiger partial charge is 0.159 e. The first-order valence-corrected chi connectivity index (χ1v) is 15.8. The third-order valence-electron chi connectivity index (χ3n) is 12.7. The average molecular weight is 513 g/mol. The second-order valence-electron chi connectivity index (χ2n) is 14.9. The quantitative estimate of drug-likeness (QED) is 0.415. The van der Waals surface area contributed by atoms with E-state index in [2.05, 4.69) is 54.5 Å². The largest absolute Gasteiger partial charge is 0.393 e. The van der Waals surface area contributed by atoms with Crippen molar-refractivity contribution in [1.29, 1.82) is 0 Å². The molecule has 0 heterocycles. The van der Waals surface area contributed by atoms with Crippen molar-refractivity contribution in [3.8, 4) is 0 Å². The molecule has 0 aliphatic heterocycles. The van der Waals surface area contributed by atoms with Gasteiger partial charge in [-0.1, -0.05) is 67.9 Å². The Morgan fingerprint density at radius 2 is 1.54 bits per heavy atom. The molecule has 1 N–H and O–H groups in total. The monoisotopic (exact) mass is 512 g/mol. The van der Waals surface area contributed by atoms with Crippen molar-refractivity contribution in [3.63, 3.8) is 0 Å². The van der Waals surface area contributed by atoms with E-state index < -0.39 is 0 Å². The molecule has 0 amide bonds. The minimum absolute atomic E-state index is 0.00293. The van der Waals surface area contributed by atoms with Crippen molar-refractivity contribution >= 4 is 11.6 Å². The van der Waals surface area contributed by atoms with Crippen molar-refractivity contribution in [3.05, 3.63) is 11.6 Å². The maximum absolute atomic E-state index is 14.2. The molecule has 0 spiro atoms. The molecule has 5 rings (SSSR count).